The van der Waals surface area contributed by atoms with Crippen molar-refractivity contribution in [2.75, 3.05) is 10.6 Å². The predicted molar refractivity (Wildman–Crippen MR) is 81.7 cm³/mol. The number of carbonyl (C=O) groups excluding carboxylic acids is 2. The van der Waals surface area contributed by atoms with Crippen LogP contribution in [0.15, 0.2) is 48.5 Å². The van der Waals surface area contributed by atoms with Crippen LogP contribution in [-0.4, -0.2) is 11.8 Å². The summed E-state index contributed by atoms with van der Waals surface area (Å²) in [5.74, 6) is -2.33. The maximum absolute atomic E-state index is 13.6. The first-order valence-corrected chi connectivity index (χ1v) is 7.15. The van der Waals surface area contributed by atoms with Gasteiger partial charge in [0, 0.05) is 0 Å². The largest absolute Gasteiger partial charge is 0.323 e. The van der Waals surface area contributed by atoms with E-state index >= 15 is 0 Å². The van der Waals surface area contributed by atoms with Crippen molar-refractivity contribution in [1.29, 1.82) is 0 Å². The normalized spacial score (nSPS) is 14.9. The second-order valence-electron chi connectivity index (χ2n) is 5.45. The SMILES string of the molecule is O=C(Nc1ccccc1F)C1(C(=O)Nc2ccccc2F)CC1. The Hall–Kier alpha value is -2.76. The lowest BCUT2D eigenvalue weighted by Crippen LogP contribution is -2.36. The van der Waals surface area contributed by atoms with Crippen LogP contribution in [0.5, 0.6) is 0 Å². The van der Waals surface area contributed by atoms with Crippen LogP contribution in [0.1, 0.15) is 12.8 Å². The molecule has 0 aromatic heterocycles. The van der Waals surface area contributed by atoms with Crippen LogP contribution in [0.25, 0.3) is 0 Å². The highest BCUT2D eigenvalue weighted by Crippen LogP contribution is 2.47. The molecule has 1 saturated carbocycles. The summed E-state index contributed by atoms with van der Waals surface area (Å²) < 4.78 is 27.2. The first kappa shape index (κ1) is 15.1. The van der Waals surface area contributed by atoms with E-state index in [9.17, 15) is 18.4 Å². The van der Waals surface area contributed by atoms with Crippen molar-refractivity contribution in [2.24, 2.45) is 5.41 Å². The molecule has 0 saturated heterocycles. The van der Waals surface area contributed by atoms with Crippen LogP contribution in [0.3, 0.4) is 0 Å². The maximum Gasteiger partial charge on any atom is 0.240 e. The van der Waals surface area contributed by atoms with Gasteiger partial charge in [0.2, 0.25) is 11.8 Å². The van der Waals surface area contributed by atoms with E-state index in [-0.39, 0.29) is 11.4 Å². The molecule has 0 spiro atoms. The third-order valence-electron chi connectivity index (χ3n) is 3.86. The first-order valence-electron chi connectivity index (χ1n) is 7.15. The average Bonchev–Trinajstić information content (AvgIpc) is 3.34. The Kier molecular flexibility index (Phi) is 3.82. The molecule has 0 bridgehead atoms. The van der Waals surface area contributed by atoms with Gasteiger partial charge in [0.1, 0.15) is 17.0 Å². The van der Waals surface area contributed by atoms with Crippen molar-refractivity contribution in [3.05, 3.63) is 60.2 Å². The summed E-state index contributed by atoms with van der Waals surface area (Å²) in [6, 6.07) is 11.4. The molecule has 1 fully saturated rings. The number of halogens is 2. The van der Waals surface area contributed by atoms with Gasteiger partial charge < -0.3 is 10.6 Å². The number of amides is 2. The lowest BCUT2D eigenvalue weighted by atomic mass is 10.0. The fourth-order valence-electron chi connectivity index (χ4n) is 2.29. The zero-order valence-corrected chi connectivity index (χ0v) is 12.1. The van der Waals surface area contributed by atoms with Gasteiger partial charge in [0.05, 0.1) is 11.4 Å². The fraction of sp³-hybridized carbons (Fsp3) is 0.176. The molecule has 3 rings (SSSR count). The highest BCUT2D eigenvalue weighted by Gasteiger charge is 2.56. The Morgan fingerprint density at radius 3 is 1.52 bits per heavy atom. The van der Waals surface area contributed by atoms with Gasteiger partial charge in [-0.25, -0.2) is 8.78 Å². The monoisotopic (exact) mass is 316 g/mol. The molecule has 2 N–H and O–H groups in total. The standard InChI is InChI=1S/C17H14F2N2O2/c18-11-5-1-3-7-13(11)20-15(22)17(9-10-17)16(23)21-14-8-4-2-6-12(14)19/h1-8H,9-10H2,(H,20,22)(H,21,23). The van der Waals surface area contributed by atoms with E-state index in [1.807, 2.05) is 0 Å². The number of carbonyl (C=O) groups is 2. The van der Waals surface area contributed by atoms with Gasteiger partial charge in [-0.05, 0) is 37.1 Å². The van der Waals surface area contributed by atoms with Crippen LogP contribution < -0.4 is 10.6 Å². The summed E-state index contributed by atoms with van der Waals surface area (Å²) in [5, 5.41) is 4.85. The van der Waals surface area contributed by atoms with E-state index in [1.165, 1.54) is 36.4 Å². The van der Waals surface area contributed by atoms with Crippen molar-refractivity contribution in [3.8, 4) is 0 Å². The molecule has 0 aliphatic heterocycles. The summed E-state index contributed by atoms with van der Waals surface area (Å²) in [6.45, 7) is 0. The molecule has 0 atom stereocenters. The van der Waals surface area contributed by atoms with E-state index < -0.39 is 28.9 Å². The van der Waals surface area contributed by atoms with Crippen LogP contribution in [0, 0.1) is 17.0 Å². The average molecular weight is 316 g/mol. The Morgan fingerprint density at radius 2 is 1.17 bits per heavy atom. The first-order chi connectivity index (χ1) is 11.0. The van der Waals surface area contributed by atoms with E-state index in [2.05, 4.69) is 10.6 Å². The van der Waals surface area contributed by atoms with Crippen LogP contribution in [0.2, 0.25) is 0 Å². The summed E-state index contributed by atoms with van der Waals surface area (Å²) in [7, 11) is 0. The topological polar surface area (TPSA) is 58.2 Å². The molecule has 0 unspecified atom stereocenters. The van der Waals surface area contributed by atoms with Crippen LogP contribution in [-0.2, 0) is 9.59 Å². The number of rotatable bonds is 4. The summed E-state index contributed by atoms with van der Waals surface area (Å²) in [5.41, 5.74) is -1.24. The molecular weight excluding hydrogens is 302 g/mol. The zero-order chi connectivity index (χ0) is 16.4. The smallest absolute Gasteiger partial charge is 0.240 e. The molecular formula is C17H14F2N2O2. The van der Waals surface area contributed by atoms with Crippen molar-refractivity contribution < 1.29 is 18.4 Å². The number of hydrogen-bond donors (Lipinski definition) is 2. The molecule has 1 aliphatic carbocycles. The minimum Gasteiger partial charge on any atom is -0.323 e. The van der Waals surface area contributed by atoms with E-state index in [4.69, 9.17) is 0 Å². The molecule has 118 valence electrons. The molecule has 23 heavy (non-hydrogen) atoms. The van der Waals surface area contributed by atoms with Crippen molar-refractivity contribution in [1.82, 2.24) is 0 Å². The summed E-state index contributed by atoms with van der Waals surface area (Å²) >= 11 is 0. The Morgan fingerprint density at radius 1 is 0.783 bits per heavy atom. The Bertz CT molecular complexity index is 711. The molecule has 0 heterocycles. The zero-order valence-electron chi connectivity index (χ0n) is 12.1. The van der Waals surface area contributed by atoms with Gasteiger partial charge in [-0.2, -0.15) is 0 Å². The van der Waals surface area contributed by atoms with E-state index in [0.29, 0.717) is 12.8 Å². The highest BCUT2D eigenvalue weighted by atomic mass is 19.1. The minimum atomic E-state index is -1.27. The number of hydrogen-bond acceptors (Lipinski definition) is 2. The van der Waals surface area contributed by atoms with E-state index in [1.54, 1.807) is 12.1 Å². The van der Waals surface area contributed by atoms with Crippen LogP contribution >= 0.6 is 0 Å². The molecule has 4 nitrogen and oxygen atoms in total. The molecule has 1 aliphatic rings. The molecule has 2 amide bonds. The predicted octanol–water partition coefficient (Wildman–Crippen LogP) is 3.32. The molecule has 2 aromatic carbocycles. The van der Waals surface area contributed by atoms with Crippen molar-refractivity contribution >= 4 is 23.2 Å². The van der Waals surface area contributed by atoms with Crippen molar-refractivity contribution in [2.45, 2.75) is 12.8 Å². The number of para-hydroxylation sites is 2. The Balaban J connectivity index is 1.74. The second-order valence-corrected chi connectivity index (χ2v) is 5.45. The minimum absolute atomic E-state index is 0.0162. The number of nitrogens with one attached hydrogen (secondary N) is 2. The van der Waals surface area contributed by atoms with Gasteiger partial charge in [-0.1, -0.05) is 24.3 Å². The van der Waals surface area contributed by atoms with Gasteiger partial charge >= 0.3 is 0 Å². The summed E-state index contributed by atoms with van der Waals surface area (Å²) in [4.78, 5) is 24.7. The Labute approximate surface area is 131 Å². The maximum atomic E-state index is 13.6. The molecule has 0 radical (unpaired) electrons. The summed E-state index contributed by atoms with van der Waals surface area (Å²) in [6.07, 6.45) is 0.682. The van der Waals surface area contributed by atoms with Crippen LogP contribution in [0.4, 0.5) is 20.2 Å². The highest BCUT2D eigenvalue weighted by molar-refractivity contribution is 6.16. The van der Waals surface area contributed by atoms with Gasteiger partial charge in [-0.3, -0.25) is 9.59 Å². The third-order valence-corrected chi connectivity index (χ3v) is 3.86. The van der Waals surface area contributed by atoms with Gasteiger partial charge in [0.15, 0.2) is 0 Å². The lowest BCUT2D eigenvalue weighted by molar-refractivity contribution is -0.131. The number of anilines is 2. The van der Waals surface area contributed by atoms with Gasteiger partial charge in [-0.15, -0.1) is 0 Å². The van der Waals surface area contributed by atoms with Crippen molar-refractivity contribution in [3.63, 3.8) is 0 Å². The van der Waals surface area contributed by atoms with E-state index in [0.717, 1.165) is 0 Å². The fourth-order valence-corrected chi connectivity index (χ4v) is 2.29. The quantitative estimate of drug-likeness (QED) is 0.850. The molecule has 6 heteroatoms. The molecule has 2 aromatic rings. The number of benzene rings is 2. The van der Waals surface area contributed by atoms with Gasteiger partial charge in [0.25, 0.3) is 0 Å². The second kappa shape index (κ2) is 5.79. The third kappa shape index (κ3) is 2.92. The lowest BCUT2D eigenvalue weighted by Gasteiger charge is -2.16.